The molecule has 3 rings (SSSR count). The normalized spacial score (nSPS) is 14.4. The van der Waals surface area contributed by atoms with Crippen LogP contribution in [-0.2, 0) is 10.0 Å². The average molecular weight is 373 g/mol. The van der Waals surface area contributed by atoms with Crippen LogP contribution in [0.5, 0.6) is 5.75 Å². The van der Waals surface area contributed by atoms with Gasteiger partial charge < -0.3 is 14.6 Å². The van der Waals surface area contributed by atoms with Gasteiger partial charge in [-0.15, -0.1) is 0 Å². The number of nitrogens with zero attached hydrogens (tertiary/aromatic N) is 1. The lowest BCUT2D eigenvalue weighted by molar-refractivity contribution is 0.387. The Morgan fingerprint density at radius 1 is 1.31 bits per heavy atom. The minimum atomic E-state index is -3.64. The summed E-state index contributed by atoms with van der Waals surface area (Å²) in [6.07, 6.45) is 7.73. The number of nitrogens with one attached hydrogen (secondary N) is 2. The minimum Gasteiger partial charge on any atom is -0.496 e. The fourth-order valence-corrected chi connectivity index (χ4v) is 3.93. The third kappa shape index (κ3) is 3.84. The lowest BCUT2D eigenvalue weighted by Crippen LogP contribution is -2.34. The first kappa shape index (κ1) is 18.3. The predicted octanol–water partition coefficient (Wildman–Crippen LogP) is 2.74. The number of hydrogen-bond donors (Lipinski definition) is 2. The molecule has 0 unspecified atom stereocenters. The number of aromatic nitrogens is 1. The van der Waals surface area contributed by atoms with E-state index in [0.29, 0.717) is 11.3 Å². The maximum atomic E-state index is 12.8. The molecule has 1 aliphatic heterocycles. The summed E-state index contributed by atoms with van der Waals surface area (Å²) in [5, 5.41) is 0. The number of aromatic amines is 1. The third-order valence-corrected chi connectivity index (χ3v) is 5.75. The van der Waals surface area contributed by atoms with Gasteiger partial charge in [0.15, 0.2) is 0 Å². The smallest absolute Gasteiger partial charge is 0.240 e. The van der Waals surface area contributed by atoms with Crippen molar-refractivity contribution in [3.05, 3.63) is 60.5 Å². The fraction of sp³-hybridized carbons (Fsp3) is 0.263. The van der Waals surface area contributed by atoms with E-state index in [4.69, 9.17) is 4.74 Å². The highest BCUT2D eigenvalue weighted by atomic mass is 32.2. The first-order valence-corrected chi connectivity index (χ1v) is 9.95. The van der Waals surface area contributed by atoms with E-state index >= 15 is 0 Å². The molecule has 26 heavy (non-hydrogen) atoms. The topological polar surface area (TPSA) is 74.4 Å². The Kier molecular flexibility index (Phi) is 5.49. The SMILES string of the molecule is CCN1CC=CC=C1CNS(=O)(=O)c1ccc(OC)c(-c2ccc[nH]2)c1. The summed E-state index contributed by atoms with van der Waals surface area (Å²) in [4.78, 5) is 5.42. The Labute approximate surface area is 154 Å². The molecule has 0 fully saturated rings. The number of methoxy groups -OCH3 is 1. The van der Waals surface area contributed by atoms with Crippen LogP contribution in [0.2, 0.25) is 0 Å². The monoisotopic (exact) mass is 373 g/mol. The summed E-state index contributed by atoms with van der Waals surface area (Å²) in [6, 6.07) is 8.59. The molecule has 1 aliphatic rings. The molecule has 0 saturated heterocycles. The van der Waals surface area contributed by atoms with Crippen LogP contribution in [0.4, 0.5) is 0 Å². The lowest BCUT2D eigenvalue weighted by atomic mass is 10.1. The maximum Gasteiger partial charge on any atom is 0.240 e. The van der Waals surface area contributed by atoms with Gasteiger partial charge in [0.1, 0.15) is 5.75 Å². The van der Waals surface area contributed by atoms with E-state index in [1.165, 1.54) is 0 Å². The zero-order valence-electron chi connectivity index (χ0n) is 14.9. The molecule has 1 aromatic carbocycles. The molecule has 0 saturated carbocycles. The first-order valence-electron chi connectivity index (χ1n) is 8.47. The van der Waals surface area contributed by atoms with Crippen molar-refractivity contribution in [2.24, 2.45) is 0 Å². The molecule has 0 amide bonds. The van der Waals surface area contributed by atoms with E-state index in [1.54, 1.807) is 31.5 Å². The number of H-pyrrole nitrogens is 1. The van der Waals surface area contributed by atoms with Gasteiger partial charge in [0.2, 0.25) is 10.0 Å². The van der Waals surface area contributed by atoms with Gasteiger partial charge in [-0.3, -0.25) is 0 Å². The number of allylic oxidation sites excluding steroid dienone is 2. The Balaban J connectivity index is 1.84. The van der Waals surface area contributed by atoms with Crippen LogP contribution in [0, 0.1) is 0 Å². The molecule has 138 valence electrons. The minimum absolute atomic E-state index is 0.206. The Morgan fingerprint density at radius 3 is 2.85 bits per heavy atom. The van der Waals surface area contributed by atoms with Crippen LogP contribution >= 0.6 is 0 Å². The van der Waals surface area contributed by atoms with Gasteiger partial charge in [-0.1, -0.05) is 12.2 Å². The van der Waals surface area contributed by atoms with E-state index in [0.717, 1.165) is 24.5 Å². The number of sulfonamides is 1. The highest BCUT2D eigenvalue weighted by Gasteiger charge is 2.19. The number of likely N-dealkylation sites (N-methyl/N-ethyl adjacent to an activating group) is 1. The summed E-state index contributed by atoms with van der Waals surface area (Å²) in [7, 11) is -2.07. The van der Waals surface area contributed by atoms with Gasteiger partial charge in [0.25, 0.3) is 0 Å². The van der Waals surface area contributed by atoms with Crippen molar-refractivity contribution < 1.29 is 13.2 Å². The molecule has 2 heterocycles. The Morgan fingerprint density at radius 2 is 2.15 bits per heavy atom. The van der Waals surface area contributed by atoms with E-state index in [2.05, 4.69) is 14.6 Å². The van der Waals surface area contributed by atoms with Crippen molar-refractivity contribution in [1.29, 1.82) is 0 Å². The van der Waals surface area contributed by atoms with Crippen molar-refractivity contribution in [3.63, 3.8) is 0 Å². The van der Waals surface area contributed by atoms with Crippen molar-refractivity contribution >= 4 is 10.0 Å². The van der Waals surface area contributed by atoms with Gasteiger partial charge >= 0.3 is 0 Å². The summed E-state index contributed by atoms with van der Waals surface area (Å²) in [6.45, 7) is 3.93. The van der Waals surface area contributed by atoms with Crippen LogP contribution in [0.25, 0.3) is 11.3 Å². The van der Waals surface area contributed by atoms with E-state index in [1.807, 2.05) is 37.3 Å². The van der Waals surface area contributed by atoms with Gasteiger partial charge in [-0.2, -0.15) is 0 Å². The van der Waals surface area contributed by atoms with Crippen molar-refractivity contribution in [1.82, 2.24) is 14.6 Å². The van der Waals surface area contributed by atoms with Gasteiger partial charge in [0, 0.05) is 36.2 Å². The molecular weight excluding hydrogens is 350 g/mol. The summed E-state index contributed by atoms with van der Waals surface area (Å²) in [5.41, 5.74) is 2.46. The molecule has 0 bridgehead atoms. The molecule has 6 nitrogen and oxygen atoms in total. The molecule has 0 spiro atoms. The standard InChI is InChI=1S/C19H23N3O3S/c1-3-22-12-5-4-7-15(22)14-21-26(23,24)16-9-10-19(25-2)17(13-16)18-8-6-11-20-18/h4-11,13,20-21H,3,12,14H2,1-2H3. The molecular formula is C19H23N3O3S. The largest absolute Gasteiger partial charge is 0.496 e. The second kappa shape index (κ2) is 7.80. The average Bonchev–Trinajstić information content (AvgIpc) is 3.20. The fourth-order valence-electron chi connectivity index (χ4n) is 2.91. The highest BCUT2D eigenvalue weighted by Crippen LogP contribution is 2.31. The van der Waals surface area contributed by atoms with E-state index in [-0.39, 0.29) is 11.4 Å². The molecule has 2 aromatic rings. The zero-order valence-corrected chi connectivity index (χ0v) is 15.7. The van der Waals surface area contributed by atoms with Crippen LogP contribution in [-0.4, -0.2) is 45.0 Å². The van der Waals surface area contributed by atoms with E-state index in [9.17, 15) is 8.42 Å². The highest BCUT2D eigenvalue weighted by molar-refractivity contribution is 7.89. The number of rotatable bonds is 7. The quantitative estimate of drug-likeness (QED) is 0.783. The lowest BCUT2D eigenvalue weighted by Gasteiger charge is -2.27. The summed E-state index contributed by atoms with van der Waals surface area (Å²) >= 11 is 0. The molecule has 7 heteroatoms. The van der Waals surface area contributed by atoms with Gasteiger partial charge in [0.05, 0.1) is 18.6 Å². The Hall–Kier alpha value is -2.51. The van der Waals surface area contributed by atoms with Crippen LogP contribution in [0.15, 0.2) is 65.3 Å². The number of benzene rings is 1. The third-order valence-electron chi connectivity index (χ3n) is 4.35. The van der Waals surface area contributed by atoms with Crippen LogP contribution in [0.1, 0.15) is 6.92 Å². The van der Waals surface area contributed by atoms with Crippen molar-refractivity contribution in [3.8, 4) is 17.0 Å². The van der Waals surface area contributed by atoms with Crippen LogP contribution in [0.3, 0.4) is 0 Å². The van der Waals surface area contributed by atoms with E-state index < -0.39 is 10.0 Å². The summed E-state index contributed by atoms with van der Waals surface area (Å²) in [5.74, 6) is 0.615. The maximum absolute atomic E-state index is 12.8. The van der Waals surface area contributed by atoms with Gasteiger partial charge in [-0.05, 0) is 43.3 Å². The summed E-state index contributed by atoms with van der Waals surface area (Å²) < 4.78 is 33.6. The number of ether oxygens (including phenoxy) is 1. The second-order valence-corrected chi connectivity index (χ2v) is 7.66. The second-order valence-electron chi connectivity index (χ2n) is 5.90. The van der Waals surface area contributed by atoms with Crippen molar-refractivity contribution in [2.45, 2.75) is 11.8 Å². The molecule has 2 N–H and O–H groups in total. The van der Waals surface area contributed by atoms with Crippen LogP contribution < -0.4 is 9.46 Å². The molecule has 0 aliphatic carbocycles. The zero-order chi connectivity index (χ0) is 18.6. The Bertz CT molecular complexity index is 916. The molecule has 1 aromatic heterocycles. The molecule has 0 atom stereocenters. The van der Waals surface area contributed by atoms with Crippen molar-refractivity contribution in [2.75, 3.05) is 26.7 Å². The molecule has 0 radical (unpaired) electrons. The van der Waals surface area contributed by atoms with Gasteiger partial charge in [-0.25, -0.2) is 13.1 Å². The predicted molar refractivity (Wildman–Crippen MR) is 102 cm³/mol. The number of hydrogen-bond acceptors (Lipinski definition) is 4. The first-order chi connectivity index (χ1) is 12.5.